The van der Waals surface area contributed by atoms with Crippen LogP contribution in [0.3, 0.4) is 0 Å². The average Bonchev–Trinajstić information content (AvgIpc) is 3.36. The fourth-order valence-electron chi connectivity index (χ4n) is 4.93. The summed E-state index contributed by atoms with van der Waals surface area (Å²) in [6, 6.07) is 14.9. The van der Waals surface area contributed by atoms with Gasteiger partial charge in [-0.25, -0.2) is 4.79 Å². The van der Waals surface area contributed by atoms with Crippen LogP contribution < -0.4 is 15.6 Å². The van der Waals surface area contributed by atoms with Crippen molar-refractivity contribution in [3.05, 3.63) is 76.2 Å². The Labute approximate surface area is 225 Å². The molecule has 3 N–H and O–H groups in total. The van der Waals surface area contributed by atoms with Crippen LogP contribution in [0.1, 0.15) is 42.7 Å². The third kappa shape index (κ3) is 6.37. The summed E-state index contributed by atoms with van der Waals surface area (Å²) in [6.07, 6.45) is 0.469. The Morgan fingerprint density at radius 2 is 1.64 bits per heavy atom. The second kappa shape index (κ2) is 12.0. The van der Waals surface area contributed by atoms with Gasteiger partial charge in [-0.15, -0.1) is 0 Å². The zero-order valence-corrected chi connectivity index (χ0v) is 22.5. The lowest BCUT2D eigenvalue weighted by Crippen LogP contribution is -2.46. The van der Waals surface area contributed by atoms with Gasteiger partial charge in [0.15, 0.2) is 5.78 Å². The summed E-state index contributed by atoms with van der Waals surface area (Å²) in [5.74, 6) is -1.17. The molecule has 1 amide bonds. The van der Waals surface area contributed by atoms with Crippen LogP contribution in [0.15, 0.2) is 59.4 Å². The van der Waals surface area contributed by atoms with Gasteiger partial charge in [0, 0.05) is 46.6 Å². The molecule has 4 rings (SSSR count). The Hall–Kier alpha value is -4.40. The lowest BCUT2D eigenvalue weighted by molar-refractivity contribution is -0.145. The number of benzene rings is 2. The van der Waals surface area contributed by atoms with Crippen LogP contribution >= 0.6 is 0 Å². The molecule has 2 heterocycles. The highest BCUT2D eigenvalue weighted by molar-refractivity contribution is 6.02. The lowest BCUT2D eigenvalue weighted by atomic mass is 9.90. The number of fused-ring (bicyclic) bond motifs is 2. The number of ether oxygens (including phenoxy) is 2. The van der Waals surface area contributed by atoms with Crippen LogP contribution in [0, 0.1) is 11.8 Å². The largest absolute Gasteiger partial charge is 0.496 e. The van der Waals surface area contributed by atoms with E-state index in [1.165, 1.54) is 13.2 Å². The van der Waals surface area contributed by atoms with Crippen molar-refractivity contribution in [2.75, 3.05) is 14.2 Å². The van der Waals surface area contributed by atoms with Crippen molar-refractivity contribution in [1.82, 2.24) is 15.3 Å². The molecule has 0 radical (unpaired) electrons. The third-order valence-electron chi connectivity index (χ3n) is 6.77. The number of rotatable bonds is 11. The molecule has 0 saturated heterocycles. The van der Waals surface area contributed by atoms with E-state index in [-0.39, 0.29) is 30.1 Å². The summed E-state index contributed by atoms with van der Waals surface area (Å²) in [5.41, 5.74) is 2.08. The molecule has 4 aromatic rings. The van der Waals surface area contributed by atoms with Gasteiger partial charge in [-0.2, -0.15) is 0 Å². The maximum Gasteiger partial charge on any atom is 0.328 e. The zero-order valence-electron chi connectivity index (χ0n) is 22.5. The maximum atomic E-state index is 13.5. The molecule has 0 aliphatic rings. The average molecular weight is 532 g/mol. The molecule has 204 valence electrons. The number of ketones is 1. The molecule has 0 fully saturated rings. The monoisotopic (exact) mass is 531 g/mol. The summed E-state index contributed by atoms with van der Waals surface area (Å²) in [7, 11) is 2.81. The lowest BCUT2D eigenvalue weighted by Gasteiger charge is -2.22. The van der Waals surface area contributed by atoms with Crippen LogP contribution in [0.5, 0.6) is 5.75 Å². The first kappa shape index (κ1) is 27.6. The number of esters is 1. The molecule has 39 heavy (non-hydrogen) atoms. The van der Waals surface area contributed by atoms with Gasteiger partial charge < -0.3 is 24.8 Å². The summed E-state index contributed by atoms with van der Waals surface area (Å²) >= 11 is 0. The predicted molar refractivity (Wildman–Crippen MR) is 149 cm³/mol. The van der Waals surface area contributed by atoms with E-state index >= 15 is 0 Å². The molecule has 0 spiro atoms. The minimum atomic E-state index is -1.03. The van der Waals surface area contributed by atoms with E-state index in [1.807, 2.05) is 44.2 Å². The molecule has 0 saturated carbocycles. The maximum absolute atomic E-state index is 13.5. The number of amides is 1. The van der Waals surface area contributed by atoms with Crippen molar-refractivity contribution in [2.45, 2.75) is 39.2 Å². The van der Waals surface area contributed by atoms with Gasteiger partial charge in [-0.1, -0.05) is 38.1 Å². The zero-order chi connectivity index (χ0) is 28.1. The Bertz CT molecular complexity index is 1570. The van der Waals surface area contributed by atoms with E-state index in [4.69, 9.17) is 9.47 Å². The van der Waals surface area contributed by atoms with Crippen LogP contribution in [0.25, 0.3) is 21.8 Å². The number of carbonyl (C=O) groups is 3. The fraction of sp³-hybridized carbons (Fsp3) is 0.333. The molecule has 0 aliphatic carbocycles. The molecule has 0 bridgehead atoms. The molecular weight excluding hydrogens is 498 g/mol. The first-order valence-electron chi connectivity index (χ1n) is 12.9. The van der Waals surface area contributed by atoms with Gasteiger partial charge >= 0.3 is 5.97 Å². The molecular formula is C30H33N3O6. The standard InChI is InChI=1S/C30H33N3O6/c1-17(2)12-19(14-26(34)24-16-21-23(31-24)10-7-11-27(21)38-3)29(36)33-25(30(37)39-4)13-18-15-28(35)32-22-9-6-5-8-20(18)22/h5-11,15-17,19,25,31H,12-14H2,1-4H3,(H,32,35)(H,33,36)/t19-,25?/m1/s1. The second-order valence-corrected chi connectivity index (χ2v) is 10.1. The molecule has 2 aromatic carbocycles. The fourth-order valence-corrected chi connectivity index (χ4v) is 4.93. The number of aromatic nitrogens is 2. The van der Waals surface area contributed by atoms with Crippen LogP contribution in [0.2, 0.25) is 0 Å². The number of nitrogens with one attached hydrogen (secondary N) is 3. The number of hydrogen-bond donors (Lipinski definition) is 3. The number of hydrogen-bond acceptors (Lipinski definition) is 6. The van der Waals surface area contributed by atoms with Crippen molar-refractivity contribution in [1.29, 1.82) is 0 Å². The highest BCUT2D eigenvalue weighted by Gasteiger charge is 2.30. The normalized spacial score (nSPS) is 12.8. The van der Waals surface area contributed by atoms with Crippen LogP contribution in [-0.4, -0.2) is 47.9 Å². The van der Waals surface area contributed by atoms with Gasteiger partial charge in [0.2, 0.25) is 11.5 Å². The van der Waals surface area contributed by atoms with Crippen molar-refractivity contribution in [2.24, 2.45) is 11.8 Å². The Morgan fingerprint density at radius 1 is 0.923 bits per heavy atom. The van der Waals surface area contributed by atoms with E-state index < -0.39 is 23.8 Å². The molecule has 9 nitrogen and oxygen atoms in total. The molecule has 1 unspecified atom stereocenters. The minimum Gasteiger partial charge on any atom is -0.496 e. The number of para-hydroxylation sites is 1. The van der Waals surface area contributed by atoms with E-state index in [1.54, 1.807) is 25.3 Å². The van der Waals surface area contributed by atoms with Crippen LogP contribution in [0.4, 0.5) is 0 Å². The number of H-pyrrole nitrogens is 2. The number of pyridine rings is 1. The Morgan fingerprint density at radius 3 is 2.36 bits per heavy atom. The van der Waals surface area contributed by atoms with E-state index in [0.29, 0.717) is 28.9 Å². The SMILES string of the molecule is COC(=O)C(Cc1cc(=O)[nH]c2ccccc12)NC(=O)[C@@H](CC(=O)c1cc2c(OC)cccc2[nH]1)CC(C)C. The summed E-state index contributed by atoms with van der Waals surface area (Å²) < 4.78 is 10.4. The van der Waals surface area contributed by atoms with Gasteiger partial charge in [0.1, 0.15) is 11.8 Å². The molecule has 2 aromatic heterocycles. The summed E-state index contributed by atoms with van der Waals surface area (Å²) in [5, 5.41) is 4.35. The van der Waals surface area contributed by atoms with Crippen LogP contribution in [-0.2, 0) is 20.7 Å². The molecule has 2 atom stereocenters. The topological polar surface area (TPSA) is 130 Å². The number of carbonyl (C=O) groups excluding carboxylic acids is 3. The van der Waals surface area contributed by atoms with E-state index in [2.05, 4.69) is 15.3 Å². The van der Waals surface area contributed by atoms with Gasteiger partial charge in [0.25, 0.3) is 0 Å². The predicted octanol–water partition coefficient (Wildman–Crippen LogP) is 4.15. The molecule has 9 heteroatoms. The second-order valence-electron chi connectivity index (χ2n) is 10.1. The van der Waals surface area contributed by atoms with Crippen molar-refractivity contribution in [3.8, 4) is 5.75 Å². The third-order valence-corrected chi connectivity index (χ3v) is 6.77. The van der Waals surface area contributed by atoms with Crippen molar-refractivity contribution in [3.63, 3.8) is 0 Å². The van der Waals surface area contributed by atoms with Gasteiger partial charge in [0.05, 0.1) is 19.9 Å². The number of aromatic amines is 2. The van der Waals surface area contributed by atoms with Crippen molar-refractivity contribution < 1.29 is 23.9 Å². The smallest absolute Gasteiger partial charge is 0.328 e. The highest BCUT2D eigenvalue weighted by atomic mass is 16.5. The Kier molecular flexibility index (Phi) is 8.49. The Balaban J connectivity index is 1.57. The summed E-state index contributed by atoms with van der Waals surface area (Å²) in [6.45, 7) is 3.94. The number of Topliss-reactive ketones (excluding diaryl/α,β-unsaturated/α-hetero) is 1. The van der Waals surface area contributed by atoms with Crippen molar-refractivity contribution >= 4 is 39.5 Å². The van der Waals surface area contributed by atoms with Gasteiger partial charge in [-0.3, -0.25) is 14.4 Å². The van der Waals surface area contributed by atoms with Gasteiger partial charge in [-0.05, 0) is 42.2 Å². The quantitative estimate of drug-likeness (QED) is 0.197. The van der Waals surface area contributed by atoms with E-state index in [9.17, 15) is 19.2 Å². The summed E-state index contributed by atoms with van der Waals surface area (Å²) in [4.78, 5) is 57.6. The first-order valence-corrected chi connectivity index (χ1v) is 12.9. The minimum absolute atomic E-state index is 0.0407. The number of methoxy groups -OCH3 is 2. The van der Waals surface area contributed by atoms with E-state index in [0.717, 1.165) is 16.3 Å². The first-order chi connectivity index (χ1) is 18.7. The molecule has 0 aliphatic heterocycles. The highest BCUT2D eigenvalue weighted by Crippen LogP contribution is 2.28.